The second-order valence-corrected chi connectivity index (χ2v) is 7.97. The number of benzene rings is 3. The Kier molecular flexibility index (Phi) is 6.05. The number of carbonyl (C=O) groups excluding carboxylic acids is 1. The van der Waals surface area contributed by atoms with Crippen molar-refractivity contribution in [3.05, 3.63) is 89.0 Å². The molecule has 0 saturated heterocycles. The number of fused-ring (bicyclic) bond motifs is 1. The van der Waals surface area contributed by atoms with E-state index in [0.29, 0.717) is 17.0 Å². The van der Waals surface area contributed by atoms with E-state index < -0.39 is 12.0 Å². The van der Waals surface area contributed by atoms with E-state index in [-0.39, 0.29) is 11.4 Å². The second kappa shape index (κ2) is 9.11. The highest BCUT2D eigenvalue weighted by molar-refractivity contribution is 6.13. The Hall–Kier alpha value is -4.59. The molecule has 0 aliphatic carbocycles. The average Bonchev–Trinajstić information content (AvgIpc) is 3.11. The van der Waals surface area contributed by atoms with E-state index in [1.54, 1.807) is 17.6 Å². The standard InChI is InChI=1S/C26H24N4O4/c1-15-11-12-20(13-16(15)2)30-22-10-5-4-9-21(22)23(24(30)31)17(3)28-29-26(34)27-19-8-6-7-18(14-19)25(32)33/h4-14,31H,1-3H3,(H,32,33)(H2,27,29,34)/b28-17+. The Morgan fingerprint density at radius 3 is 2.44 bits per heavy atom. The number of carboxylic acid groups (broad SMARTS) is 1. The smallest absolute Gasteiger partial charge is 0.339 e. The van der Waals surface area contributed by atoms with Crippen molar-refractivity contribution in [3.63, 3.8) is 0 Å². The van der Waals surface area contributed by atoms with E-state index >= 15 is 0 Å². The molecule has 0 atom stereocenters. The lowest BCUT2D eigenvalue weighted by Crippen LogP contribution is -2.25. The molecule has 1 heterocycles. The van der Waals surface area contributed by atoms with Crippen LogP contribution in [0.25, 0.3) is 16.6 Å². The van der Waals surface area contributed by atoms with Gasteiger partial charge in [0.1, 0.15) is 0 Å². The number of para-hydroxylation sites is 1. The van der Waals surface area contributed by atoms with Crippen LogP contribution in [-0.4, -0.2) is 32.5 Å². The van der Waals surface area contributed by atoms with Gasteiger partial charge in [-0.2, -0.15) is 5.10 Å². The van der Waals surface area contributed by atoms with E-state index in [4.69, 9.17) is 5.11 Å². The van der Waals surface area contributed by atoms with Crippen LogP contribution in [0.3, 0.4) is 0 Å². The lowest BCUT2D eigenvalue weighted by Gasteiger charge is -2.10. The summed E-state index contributed by atoms with van der Waals surface area (Å²) in [6.07, 6.45) is 0. The number of hydrogen-bond acceptors (Lipinski definition) is 4. The number of hydrazone groups is 1. The third kappa shape index (κ3) is 4.33. The van der Waals surface area contributed by atoms with Crippen LogP contribution in [0.2, 0.25) is 0 Å². The monoisotopic (exact) mass is 456 g/mol. The number of aromatic carboxylic acids is 1. The maximum Gasteiger partial charge on any atom is 0.339 e. The summed E-state index contributed by atoms with van der Waals surface area (Å²) in [5, 5.41) is 27.8. The van der Waals surface area contributed by atoms with Crippen LogP contribution in [0, 0.1) is 13.8 Å². The zero-order chi connectivity index (χ0) is 24.4. The molecule has 0 bridgehead atoms. The summed E-state index contributed by atoms with van der Waals surface area (Å²) in [6, 6.07) is 18.8. The topological polar surface area (TPSA) is 116 Å². The lowest BCUT2D eigenvalue weighted by atomic mass is 10.1. The van der Waals surface area contributed by atoms with Crippen LogP contribution < -0.4 is 10.7 Å². The molecule has 4 rings (SSSR count). The van der Waals surface area contributed by atoms with Gasteiger partial charge in [-0.15, -0.1) is 0 Å². The fourth-order valence-corrected chi connectivity index (χ4v) is 3.79. The molecule has 0 radical (unpaired) electrons. The van der Waals surface area contributed by atoms with Crippen molar-refractivity contribution in [2.75, 3.05) is 5.32 Å². The molecule has 0 fully saturated rings. The zero-order valence-electron chi connectivity index (χ0n) is 19.0. The first kappa shape index (κ1) is 22.6. The van der Waals surface area contributed by atoms with Gasteiger partial charge >= 0.3 is 12.0 Å². The average molecular weight is 457 g/mol. The van der Waals surface area contributed by atoms with Crippen molar-refractivity contribution in [1.82, 2.24) is 9.99 Å². The number of nitrogens with zero attached hydrogens (tertiary/aromatic N) is 2. The molecule has 0 unspecified atom stereocenters. The zero-order valence-corrected chi connectivity index (χ0v) is 19.0. The number of nitrogens with one attached hydrogen (secondary N) is 2. The number of rotatable bonds is 5. The first-order valence-electron chi connectivity index (χ1n) is 10.6. The molecule has 4 N–H and O–H groups in total. The van der Waals surface area contributed by atoms with Gasteiger partial charge in [-0.1, -0.05) is 30.3 Å². The fourth-order valence-electron chi connectivity index (χ4n) is 3.79. The summed E-state index contributed by atoms with van der Waals surface area (Å²) < 4.78 is 1.76. The van der Waals surface area contributed by atoms with Crippen molar-refractivity contribution in [2.45, 2.75) is 20.8 Å². The van der Waals surface area contributed by atoms with Crippen LogP contribution in [-0.2, 0) is 0 Å². The van der Waals surface area contributed by atoms with Crippen LogP contribution in [0.5, 0.6) is 5.88 Å². The molecule has 8 heteroatoms. The highest BCUT2D eigenvalue weighted by atomic mass is 16.4. The highest BCUT2D eigenvalue weighted by Gasteiger charge is 2.20. The first-order chi connectivity index (χ1) is 16.3. The molecule has 0 aliphatic rings. The minimum atomic E-state index is -1.09. The molecule has 1 aromatic heterocycles. The predicted octanol–water partition coefficient (Wildman–Crippen LogP) is 5.20. The number of hydrogen-bond donors (Lipinski definition) is 4. The molecule has 172 valence electrons. The normalized spacial score (nSPS) is 11.4. The summed E-state index contributed by atoms with van der Waals surface area (Å²) in [7, 11) is 0. The van der Waals surface area contributed by atoms with Crippen molar-refractivity contribution in [3.8, 4) is 11.6 Å². The number of carbonyl (C=O) groups is 2. The number of carboxylic acids is 1. The maximum absolute atomic E-state index is 12.3. The number of aromatic nitrogens is 1. The van der Waals surface area contributed by atoms with Gasteiger partial charge in [-0.05, 0) is 68.3 Å². The van der Waals surface area contributed by atoms with Crippen LogP contribution in [0.4, 0.5) is 10.5 Å². The molecular weight excluding hydrogens is 432 g/mol. The van der Waals surface area contributed by atoms with Gasteiger partial charge < -0.3 is 15.5 Å². The number of amides is 2. The Labute approximate surface area is 196 Å². The summed E-state index contributed by atoms with van der Waals surface area (Å²) in [5.41, 5.74) is 7.58. The second-order valence-electron chi connectivity index (χ2n) is 7.97. The predicted molar refractivity (Wildman–Crippen MR) is 132 cm³/mol. The third-order valence-electron chi connectivity index (χ3n) is 5.65. The lowest BCUT2D eigenvalue weighted by molar-refractivity contribution is 0.0697. The molecule has 8 nitrogen and oxygen atoms in total. The van der Waals surface area contributed by atoms with E-state index in [2.05, 4.69) is 15.8 Å². The molecule has 2 amide bonds. The molecule has 34 heavy (non-hydrogen) atoms. The molecule has 4 aromatic rings. The quantitative estimate of drug-likeness (QED) is 0.244. The fraction of sp³-hybridized carbons (Fsp3) is 0.115. The maximum atomic E-state index is 12.3. The van der Waals surface area contributed by atoms with Gasteiger partial charge in [-0.3, -0.25) is 4.57 Å². The first-order valence-corrected chi connectivity index (χ1v) is 10.6. The van der Waals surface area contributed by atoms with Crippen LogP contribution >= 0.6 is 0 Å². The Bertz CT molecular complexity index is 1450. The van der Waals surface area contributed by atoms with Crippen molar-refractivity contribution < 1.29 is 19.8 Å². The van der Waals surface area contributed by atoms with Crippen molar-refractivity contribution in [2.24, 2.45) is 5.10 Å². The summed E-state index contributed by atoms with van der Waals surface area (Å²) >= 11 is 0. The van der Waals surface area contributed by atoms with E-state index in [1.165, 1.54) is 18.2 Å². The Morgan fingerprint density at radius 2 is 1.71 bits per heavy atom. The molecular formula is C26H24N4O4. The minimum absolute atomic E-state index is 0.0158. The molecule has 0 aliphatic heterocycles. The van der Waals surface area contributed by atoms with Crippen LogP contribution in [0.15, 0.2) is 71.8 Å². The van der Waals surface area contributed by atoms with Gasteiger partial charge in [0.2, 0.25) is 5.88 Å². The van der Waals surface area contributed by atoms with Gasteiger partial charge in [0.25, 0.3) is 0 Å². The summed E-state index contributed by atoms with van der Waals surface area (Å²) in [6.45, 7) is 5.74. The Morgan fingerprint density at radius 1 is 0.941 bits per heavy atom. The number of aryl methyl sites for hydroxylation is 2. The number of anilines is 1. The van der Waals surface area contributed by atoms with E-state index in [9.17, 15) is 14.7 Å². The van der Waals surface area contributed by atoms with Crippen molar-refractivity contribution in [1.29, 1.82) is 0 Å². The van der Waals surface area contributed by atoms with Gasteiger partial charge in [0, 0.05) is 16.8 Å². The van der Waals surface area contributed by atoms with Gasteiger partial charge in [0.05, 0.1) is 22.4 Å². The van der Waals surface area contributed by atoms with Gasteiger partial charge in [-0.25, -0.2) is 15.0 Å². The number of urea groups is 1. The molecule has 0 spiro atoms. The Balaban J connectivity index is 1.65. The molecule has 0 saturated carbocycles. The largest absolute Gasteiger partial charge is 0.494 e. The molecule has 3 aromatic carbocycles. The minimum Gasteiger partial charge on any atom is -0.494 e. The summed E-state index contributed by atoms with van der Waals surface area (Å²) in [5.74, 6) is -1.07. The van der Waals surface area contributed by atoms with Crippen LogP contribution in [0.1, 0.15) is 34.0 Å². The number of aromatic hydroxyl groups is 1. The van der Waals surface area contributed by atoms with E-state index in [1.807, 2.05) is 56.3 Å². The third-order valence-corrected chi connectivity index (χ3v) is 5.65. The van der Waals surface area contributed by atoms with Crippen molar-refractivity contribution >= 4 is 34.3 Å². The SMILES string of the molecule is C/C(=N\NC(=O)Nc1cccc(C(=O)O)c1)c1c(O)n(-c2ccc(C)c(C)c2)c2ccccc12. The van der Waals surface area contributed by atoms with E-state index in [0.717, 1.165) is 27.7 Å². The summed E-state index contributed by atoms with van der Waals surface area (Å²) in [4.78, 5) is 23.4. The van der Waals surface area contributed by atoms with Gasteiger partial charge in [0.15, 0.2) is 0 Å². The highest BCUT2D eigenvalue weighted by Crippen LogP contribution is 2.35.